The molecule has 0 fully saturated rings. The van der Waals surface area contributed by atoms with Crippen molar-refractivity contribution in [3.8, 4) is 0 Å². The van der Waals surface area contributed by atoms with E-state index in [1.165, 1.54) is 4.90 Å². The molecule has 198 valence electrons. The molecule has 0 saturated heterocycles. The van der Waals surface area contributed by atoms with E-state index in [9.17, 15) is 18.0 Å². The number of benzene rings is 3. The molecule has 0 aliphatic rings. The Morgan fingerprint density at radius 3 is 2.32 bits per heavy atom. The van der Waals surface area contributed by atoms with Crippen LogP contribution in [0.15, 0.2) is 60.7 Å². The van der Waals surface area contributed by atoms with E-state index in [-0.39, 0.29) is 18.5 Å². The third kappa shape index (κ3) is 7.15. The van der Waals surface area contributed by atoms with Crippen molar-refractivity contribution in [2.75, 3.05) is 17.1 Å². The Balaban J connectivity index is 2.01. The Hall–Kier alpha value is -2.81. The van der Waals surface area contributed by atoms with Crippen LogP contribution in [-0.4, -0.2) is 50.0 Å². The number of carbonyl (C=O) groups excluding carboxylic acids is 2. The van der Waals surface area contributed by atoms with E-state index in [0.29, 0.717) is 26.7 Å². The van der Waals surface area contributed by atoms with Crippen molar-refractivity contribution in [3.05, 3.63) is 76.3 Å². The van der Waals surface area contributed by atoms with E-state index >= 15 is 0 Å². The summed E-state index contributed by atoms with van der Waals surface area (Å²) in [6.45, 7) is 4.94. The lowest BCUT2D eigenvalue weighted by atomic mass is 10.1. The molecule has 0 saturated carbocycles. The van der Waals surface area contributed by atoms with Gasteiger partial charge in [-0.1, -0.05) is 72.6 Å². The van der Waals surface area contributed by atoms with Crippen molar-refractivity contribution in [2.45, 2.75) is 45.8 Å². The number of hydrogen-bond donors (Lipinski definition) is 1. The third-order valence-electron chi connectivity index (χ3n) is 6.24. The fourth-order valence-corrected chi connectivity index (χ4v) is 5.23. The monoisotopic (exact) mass is 563 g/mol. The highest BCUT2D eigenvalue weighted by Gasteiger charge is 2.31. The molecule has 1 N–H and O–H groups in total. The molecule has 10 heteroatoms. The van der Waals surface area contributed by atoms with E-state index in [2.05, 4.69) is 5.32 Å². The number of hydrogen-bond acceptors (Lipinski definition) is 4. The molecule has 0 aromatic heterocycles. The fourth-order valence-electron chi connectivity index (χ4n) is 3.90. The predicted molar refractivity (Wildman–Crippen MR) is 151 cm³/mol. The predicted octanol–water partition coefficient (Wildman–Crippen LogP) is 5.24. The highest BCUT2D eigenvalue weighted by atomic mass is 35.5. The van der Waals surface area contributed by atoms with Crippen LogP contribution >= 0.6 is 23.2 Å². The van der Waals surface area contributed by atoms with Gasteiger partial charge in [0.2, 0.25) is 21.8 Å². The number of nitrogens with one attached hydrogen (secondary N) is 1. The molecule has 0 aliphatic heterocycles. The summed E-state index contributed by atoms with van der Waals surface area (Å²) in [5, 5.41) is 5.21. The van der Waals surface area contributed by atoms with Crippen LogP contribution in [0.4, 0.5) is 5.69 Å². The summed E-state index contributed by atoms with van der Waals surface area (Å²) in [6, 6.07) is 16.5. The molecule has 3 aromatic carbocycles. The van der Waals surface area contributed by atoms with Gasteiger partial charge in [0.05, 0.1) is 11.9 Å². The molecule has 37 heavy (non-hydrogen) atoms. The molecule has 2 atom stereocenters. The quantitative estimate of drug-likeness (QED) is 0.365. The average molecular weight is 565 g/mol. The highest BCUT2D eigenvalue weighted by Crippen LogP contribution is 2.29. The Labute approximate surface area is 228 Å². The minimum Gasteiger partial charge on any atom is -0.352 e. The molecule has 2 amide bonds. The first-order valence-electron chi connectivity index (χ1n) is 11.9. The van der Waals surface area contributed by atoms with Gasteiger partial charge in [-0.2, -0.15) is 0 Å². The maximum absolute atomic E-state index is 13.8. The molecule has 0 bridgehead atoms. The normalized spacial score (nSPS) is 13.1. The van der Waals surface area contributed by atoms with Crippen molar-refractivity contribution >= 4 is 61.5 Å². The summed E-state index contributed by atoms with van der Waals surface area (Å²) in [5.74, 6) is -0.889. The van der Waals surface area contributed by atoms with Crippen molar-refractivity contribution in [2.24, 2.45) is 0 Å². The summed E-state index contributed by atoms with van der Waals surface area (Å²) in [4.78, 5) is 28.1. The minimum absolute atomic E-state index is 0.00291. The Kier molecular flexibility index (Phi) is 9.45. The van der Waals surface area contributed by atoms with E-state index in [1.807, 2.05) is 38.1 Å². The number of carbonyl (C=O) groups is 2. The first-order chi connectivity index (χ1) is 17.4. The average Bonchev–Trinajstić information content (AvgIpc) is 2.85. The molecule has 0 spiro atoms. The number of fused-ring (bicyclic) bond motifs is 1. The van der Waals surface area contributed by atoms with Gasteiger partial charge >= 0.3 is 0 Å². The lowest BCUT2D eigenvalue weighted by Crippen LogP contribution is -2.52. The minimum atomic E-state index is -3.85. The van der Waals surface area contributed by atoms with Crippen LogP contribution in [0.5, 0.6) is 0 Å². The Morgan fingerprint density at radius 1 is 1.00 bits per heavy atom. The molecular formula is C27H31Cl2N3O4S. The molecule has 7 nitrogen and oxygen atoms in total. The summed E-state index contributed by atoms with van der Waals surface area (Å²) in [7, 11) is -3.85. The smallest absolute Gasteiger partial charge is 0.244 e. The maximum atomic E-state index is 13.8. The second-order valence-corrected chi connectivity index (χ2v) is 11.8. The van der Waals surface area contributed by atoms with Gasteiger partial charge < -0.3 is 10.2 Å². The maximum Gasteiger partial charge on any atom is 0.244 e. The zero-order valence-corrected chi connectivity index (χ0v) is 23.6. The number of sulfonamides is 1. The van der Waals surface area contributed by atoms with Gasteiger partial charge in [-0.15, -0.1) is 0 Å². The van der Waals surface area contributed by atoms with Gasteiger partial charge in [-0.25, -0.2) is 8.42 Å². The molecule has 0 radical (unpaired) electrons. The van der Waals surface area contributed by atoms with Crippen LogP contribution in [0, 0.1) is 0 Å². The first-order valence-corrected chi connectivity index (χ1v) is 14.5. The van der Waals surface area contributed by atoms with Crippen LogP contribution in [0.2, 0.25) is 10.0 Å². The number of nitrogens with zero attached hydrogens (tertiary/aromatic N) is 2. The molecule has 0 aliphatic carbocycles. The van der Waals surface area contributed by atoms with E-state index < -0.39 is 28.5 Å². The molecule has 0 unspecified atom stereocenters. The zero-order chi connectivity index (χ0) is 27.3. The first kappa shape index (κ1) is 28.8. The van der Waals surface area contributed by atoms with Crippen LogP contribution in [-0.2, 0) is 26.2 Å². The lowest BCUT2D eigenvalue weighted by Gasteiger charge is -2.32. The highest BCUT2D eigenvalue weighted by molar-refractivity contribution is 7.92. The molecular weight excluding hydrogens is 533 g/mol. The molecule has 3 rings (SSSR count). The van der Waals surface area contributed by atoms with Crippen molar-refractivity contribution < 1.29 is 18.0 Å². The number of anilines is 1. The summed E-state index contributed by atoms with van der Waals surface area (Å²) >= 11 is 12.4. The number of amides is 2. The third-order valence-corrected chi connectivity index (χ3v) is 7.95. The Bertz CT molecular complexity index is 1390. The molecule has 0 heterocycles. The standard InChI is InChI=1S/C27H31Cl2N3O4S/c1-5-18(2)30-27(34)19(3)31(16-21-13-14-22(28)15-24(21)29)26(33)17-32(37(4,35)36)25-12-8-10-20-9-6-7-11-23(20)25/h6-15,18-19H,5,16-17H2,1-4H3,(H,30,34)/t18-,19-/m1/s1. The van der Waals surface area contributed by atoms with Crippen LogP contribution < -0.4 is 9.62 Å². The van der Waals surface area contributed by atoms with Crippen molar-refractivity contribution in [3.63, 3.8) is 0 Å². The lowest BCUT2D eigenvalue weighted by molar-refractivity contribution is -0.139. The van der Waals surface area contributed by atoms with E-state index in [1.54, 1.807) is 43.3 Å². The Morgan fingerprint density at radius 2 is 1.68 bits per heavy atom. The van der Waals surface area contributed by atoms with Gasteiger partial charge in [0.25, 0.3) is 0 Å². The number of rotatable bonds is 10. The largest absolute Gasteiger partial charge is 0.352 e. The molecule has 3 aromatic rings. The van der Waals surface area contributed by atoms with Gasteiger partial charge in [0, 0.05) is 28.0 Å². The van der Waals surface area contributed by atoms with Crippen LogP contribution in [0.1, 0.15) is 32.8 Å². The SMILES string of the molecule is CC[C@@H](C)NC(=O)[C@@H](C)N(Cc1ccc(Cl)cc1Cl)C(=O)CN(c1cccc2ccccc12)S(C)(=O)=O. The van der Waals surface area contributed by atoms with Crippen LogP contribution in [0.3, 0.4) is 0 Å². The number of halogens is 2. The summed E-state index contributed by atoms with van der Waals surface area (Å²) in [6.07, 6.45) is 1.78. The summed E-state index contributed by atoms with van der Waals surface area (Å²) in [5.41, 5.74) is 0.966. The van der Waals surface area contributed by atoms with Gasteiger partial charge in [0.15, 0.2) is 0 Å². The van der Waals surface area contributed by atoms with Crippen molar-refractivity contribution in [1.29, 1.82) is 0 Å². The van der Waals surface area contributed by atoms with E-state index in [4.69, 9.17) is 23.2 Å². The second kappa shape index (κ2) is 12.2. The fraction of sp³-hybridized carbons (Fsp3) is 0.333. The van der Waals surface area contributed by atoms with Gasteiger partial charge in [-0.3, -0.25) is 13.9 Å². The van der Waals surface area contributed by atoms with Crippen LogP contribution in [0.25, 0.3) is 10.8 Å². The van der Waals surface area contributed by atoms with Gasteiger partial charge in [-0.05, 0) is 49.4 Å². The topological polar surface area (TPSA) is 86.8 Å². The second-order valence-electron chi connectivity index (χ2n) is 9.02. The zero-order valence-electron chi connectivity index (χ0n) is 21.2. The summed E-state index contributed by atoms with van der Waals surface area (Å²) < 4.78 is 26.9. The van der Waals surface area contributed by atoms with Crippen molar-refractivity contribution in [1.82, 2.24) is 10.2 Å². The van der Waals surface area contributed by atoms with Gasteiger partial charge in [0.1, 0.15) is 12.6 Å². The van der Waals surface area contributed by atoms with E-state index in [0.717, 1.165) is 22.4 Å².